The van der Waals surface area contributed by atoms with Crippen molar-refractivity contribution in [3.63, 3.8) is 0 Å². The van der Waals surface area contributed by atoms with E-state index in [1.54, 1.807) is 0 Å². The third kappa shape index (κ3) is 4.11. The Balaban J connectivity index is 1.47. The summed E-state index contributed by atoms with van der Waals surface area (Å²) in [5, 5.41) is 0. The van der Waals surface area contributed by atoms with E-state index in [2.05, 4.69) is 48.2 Å². The smallest absolute Gasteiger partial charge is 0.119 e. The molecule has 1 aliphatic heterocycles. The molecule has 1 atom stereocenters. The lowest BCUT2D eigenvalue weighted by Crippen LogP contribution is -2.28. The average molecular weight is 295 g/mol. The van der Waals surface area contributed by atoms with Crippen LogP contribution in [0.3, 0.4) is 0 Å². The fraction of sp³-hybridized carbons (Fsp3) is 0.400. The summed E-state index contributed by atoms with van der Waals surface area (Å²) >= 11 is 0. The number of rotatable bonds is 6. The molecule has 3 rings (SSSR count). The highest BCUT2D eigenvalue weighted by molar-refractivity contribution is 5.28. The summed E-state index contributed by atoms with van der Waals surface area (Å²) in [6.45, 7) is 5.41. The predicted molar refractivity (Wildman–Crippen MR) is 91.2 cm³/mol. The average Bonchev–Trinajstić information content (AvgIpc) is 2.98. The lowest BCUT2D eigenvalue weighted by atomic mass is 10.1. The Hall–Kier alpha value is -1.80. The molecule has 0 N–H and O–H groups in total. The molecule has 116 valence electrons. The molecule has 1 heterocycles. The van der Waals surface area contributed by atoms with Crippen LogP contribution in [0.1, 0.15) is 30.9 Å². The zero-order valence-electron chi connectivity index (χ0n) is 13.4. The Morgan fingerprint density at radius 2 is 1.77 bits per heavy atom. The van der Waals surface area contributed by atoms with Gasteiger partial charge in [-0.3, -0.25) is 0 Å². The molecule has 0 amide bonds. The van der Waals surface area contributed by atoms with Crippen LogP contribution >= 0.6 is 0 Å². The molecular formula is C20H25NO. The SMILES string of the molecule is C[C@@H]1CCCN1CCc1ccc(OCc2ccccc2)cc1. The zero-order chi connectivity index (χ0) is 15.2. The molecule has 0 aromatic heterocycles. The highest BCUT2D eigenvalue weighted by atomic mass is 16.5. The van der Waals surface area contributed by atoms with Crippen molar-refractivity contribution in [2.45, 2.75) is 38.8 Å². The summed E-state index contributed by atoms with van der Waals surface area (Å²) < 4.78 is 5.83. The van der Waals surface area contributed by atoms with Crippen molar-refractivity contribution < 1.29 is 4.74 Å². The summed E-state index contributed by atoms with van der Waals surface area (Å²) in [6.07, 6.45) is 3.84. The Morgan fingerprint density at radius 3 is 2.45 bits per heavy atom. The van der Waals surface area contributed by atoms with Crippen LogP contribution in [0.2, 0.25) is 0 Å². The van der Waals surface area contributed by atoms with Gasteiger partial charge in [0.2, 0.25) is 0 Å². The van der Waals surface area contributed by atoms with Crippen molar-refractivity contribution in [1.82, 2.24) is 4.90 Å². The van der Waals surface area contributed by atoms with Gasteiger partial charge >= 0.3 is 0 Å². The van der Waals surface area contributed by atoms with Crippen molar-refractivity contribution in [1.29, 1.82) is 0 Å². The first-order valence-electron chi connectivity index (χ1n) is 8.31. The van der Waals surface area contributed by atoms with Gasteiger partial charge in [0.05, 0.1) is 0 Å². The Morgan fingerprint density at radius 1 is 1.00 bits per heavy atom. The van der Waals surface area contributed by atoms with E-state index in [1.807, 2.05) is 18.2 Å². The molecule has 2 heteroatoms. The van der Waals surface area contributed by atoms with Crippen LogP contribution < -0.4 is 4.74 Å². The zero-order valence-corrected chi connectivity index (χ0v) is 13.4. The Bertz CT molecular complexity index is 564. The summed E-state index contributed by atoms with van der Waals surface area (Å²) in [4.78, 5) is 2.60. The summed E-state index contributed by atoms with van der Waals surface area (Å²) in [7, 11) is 0. The lowest BCUT2D eigenvalue weighted by Gasteiger charge is -2.20. The van der Waals surface area contributed by atoms with E-state index in [9.17, 15) is 0 Å². The minimum atomic E-state index is 0.630. The molecule has 0 aliphatic carbocycles. The Kier molecular flexibility index (Phi) is 5.12. The number of hydrogen-bond donors (Lipinski definition) is 0. The van der Waals surface area contributed by atoms with Crippen LogP contribution in [0.15, 0.2) is 54.6 Å². The molecule has 0 unspecified atom stereocenters. The van der Waals surface area contributed by atoms with Gasteiger partial charge in [-0.05, 0) is 56.0 Å². The van der Waals surface area contributed by atoms with Crippen LogP contribution in [0, 0.1) is 0 Å². The first-order chi connectivity index (χ1) is 10.8. The summed E-state index contributed by atoms with van der Waals surface area (Å²) in [5.74, 6) is 0.946. The molecule has 2 aromatic rings. The van der Waals surface area contributed by atoms with Crippen LogP contribution in [-0.2, 0) is 13.0 Å². The molecular weight excluding hydrogens is 270 g/mol. The minimum Gasteiger partial charge on any atom is -0.489 e. The first kappa shape index (κ1) is 15.1. The van der Waals surface area contributed by atoms with Crippen LogP contribution in [0.4, 0.5) is 0 Å². The maximum atomic E-state index is 5.83. The van der Waals surface area contributed by atoms with Crippen molar-refractivity contribution in [2.75, 3.05) is 13.1 Å². The van der Waals surface area contributed by atoms with Gasteiger partial charge < -0.3 is 9.64 Å². The van der Waals surface area contributed by atoms with E-state index < -0.39 is 0 Å². The minimum absolute atomic E-state index is 0.630. The summed E-state index contributed by atoms with van der Waals surface area (Å²) in [6, 6.07) is 19.6. The third-order valence-corrected chi connectivity index (χ3v) is 4.55. The first-order valence-corrected chi connectivity index (χ1v) is 8.31. The second-order valence-corrected chi connectivity index (χ2v) is 6.20. The topological polar surface area (TPSA) is 12.5 Å². The van der Waals surface area contributed by atoms with E-state index in [0.29, 0.717) is 6.61 Å². The normalized spacial score (nSPS) is 18.5. The number of benzene rings is 2. The molecule has 0 saturated carbocycles. The van der Waals surface area contributed by atoms with Gasteiger partial charge in [0, 0.05) is 12.6 Å². The van der Waals surface area contributed by atoms with Crippen LogP contribution in [0.5, 0.6) is 5.75 Å². The second-order valence-electron chi connectivity index (χ2n) is 6.20. The van der Waals surface area contributed by atoms with Gasteiger partial charge in [-0.15, -0.1) is 0 Å². The van der Waals surface area contributed by atoms with E-state index in [1.165, 1.54) is 37.1 Å². The van der Waals surface area contributed by atoms with Gasteiger partial charge in [0.1, 0.15) is 12.4 Å². The molecule has 1 aliphatic rings. The van der Waals surface area contributed by atoms with E-state index in [-0.39, 0.29) is 0 Å². The lowest BCUT2D eigenvalue weighted by molar-refractivity contribution is 0.272. The molecule has 1 saturated heterocycles. The highest BCUT2D eigenvalue weighted by Gasteiger charge is 2.19. The van der Waals surface area contributed by atoms with Gasteiger partial charge in [-0.25, -0.2) is 0 Å². The van der Waals surface area contributed by atoms with Crippen molar-refractivity contribution in [3.8, 4) is 5.75 Å². The second kappa shape index (κ2) is 7.46. The van der Waals surface area contributed by atoms with Gasteiger partial charge in [0.25, 0.3) is 0 Å². The molecule has 2 nitrogen and oxygen atoms in total. The monoisotopic (exact) mass is 295 g/mol. The highest BCUT2D eigenvalue weighted by Crippen LogP contribution is 2.18. The fourth-order valence-corrected chi connectivity index (χ4v) is 3.09. The molecule has 0 bridgehead atoms. The standard InChI is InChI=1S/C20H25NO/c1-17-6-5-14-21(17)15-13-18-9-11-20(12-10-18)22-16-19-7-3-2-4-8-19/h2-4,7-12,17H,5-6,13-16H2,1H3/t17-/m1/s1. The predicted octanol–water partition coefficient (Wildman–Crippen LogP) is 4.29. The third-order valence-electron chi connectivity index (χ3n) is 4.55. The number of nitrogens with zero attached hydrogens (tertiary/aromatic N) is 1. The molecule has 2 aromatic carbocycles. The molecule has 0 radical (unpaired) electrons. The van der Waals surface area contributed by atoms with E-state index >= 15 is 0 Å². The molecule has 0 spiro atoms. The summed E-state index contributed by atoms with van der Waals surface area (Å²) in [5.41, 5.74) is 2.60. The maximum Gasteiger partial charge on any atom is 0.119 e. The molecule has 1 fully saturated rings. The number of hydrogen-bond acceptors (Lipinski definition) is 2. The van der Waals surface area contributed by atoms with Gasteiger partial charge in [-0.1, -0.05) is 42.5 Å². The fourth-order valence-electron chi connectivity index (χ4n) is 3.09. The van der Waals surface area contributed by atoms with Crippen molar-refractivity contribution >= 4 is 0 Å². The largest absolute Gasteiger partial charge is 0.489 e. The van der Waals surface area contributed by atoms with Crippen molar-refractivity contribution in [2.24, 2.45) is 0 Å². The maximum absolute atomic E-state index is 5.83. The van der Waals surface area contributed by atoms with E-state index in [4.69, 9.17) is 4.74 Å². The Labute approximate surface area is 133 Å². The van der Waals surface area contributed by atoms with Crippen LogP contribution in [-0.4, -0.2) is 24.0 Å². The number of ether oxygens (including phenoxy) is 1. The number of likely N-dealkylation sites (tertiary alicyclic amines) is 1. The van der Waals surface area contributed by atoms with E-state index in [0.717, 1.165) is 18.2 Å². The van der Waals surface area contributed by atoms with Gasteiger partial charge in [0.15, 0.2) is 0 Å². The van der Waals surface area contributed by atoms with Crippen molar-refractivity contribution in [3.05, 3.63) is 65.7 Å². The quantitative estimate of drug-likeness (QED) is 0.788. The molecule has 22 heavy (non-hydrogen) atoms. The van der Waals surface area contributed by atoms with Crippen LogP contribution in [0.25, 0.3) is 0 Å². The van der Waals surface area contributed by atoms with Gasteiger partial charge in [-0.2, -0.15) is 0 Å².